The van der Waals surface area contributed by atoms with Crippen molar-refractivity contribution < 1.29 is 14.0 Å². The Morgan fingerprint density at radius 3 is 2.58 bits per heavy atom. The Balaban J connectivity index is 1.71. The highest BCUT2D eigenvalue weighted by Crippen LogP contribution is 2.25. The molecule has 1 aliphatic rings. The average Bonchev–Trinajstić information content (AvgIpc) is 3.08. The van der Waals surface area contributed by atoms with Gasteiger partial charge in [0.15, 0.2) is 10.4 Å². The largest absolute Gasteiger partial charge is 0.444 e. The van der Waals surface area contributed by atoms with Crippen LogP contribution >= 0.6 is 15.9 Å². The predicted octanol–water partition coefficient (Wildman–Crippen LogP) is 2.63. The second-order valence-corrected chi connectivity index (χ2v) is 7.32. The fraction of sp³-hybridized carbons (Fsp3) is 0.368. The number of benzene rings is 1. The Kier molecular flexibility index (Phi) is 5.78. The molecule has 1 aromatic heterocycles. The van der Waals surface area contributed by atoms with Crippen LogP contribution in [0.4, 0.5) is 0 Å². The zero-order valence-corrected chi connectivity index (χ0v) is 16.5. The molecule has 138 valence electrons. The summed E-state index contributed by atoms with van der Waals surface area (Å²) in [4.78, 5) is 30.8. The van der Waals surface area contributed by atoms with Crippen LogP contribution < -0.4 is 0 Å². The maximum absolute atomic E-state index is 12.9. The van der Waals surface area contributed by atoms with Gasteiger partial charge in [0.05, 0.1) is 12.6 Å². The van der Waals surface area contributed by atoms with Crippen molar-refractivity contribution in [1.82, 2.24) is 14.7 Å². The van der Waals surface area contributed by atoms with Crippen molar-refractivity contribution >= 4 is 27.7 Å². The summed E-state index contributed by atoms with van der Waals surface area (Å²) in [6.07, 6.45) is 0. The minimum absolute atomic E-state index is 0.0105. The van der Waals surface area contributed by atoms with Gasteiger partial charge in [-0.1, -0.05) is 30.3 Å². The molecule has 7 heteroatoms. The van der Waals surface area contributed by atoms with Crippen LogP contribution in [0.15, 0.2) is 51.6 Å². The van der Waals surface area contributed by atoms with Crippen molar-refractivity contribution in [3.63, 3.8) is 0 Å². The smallest absolute Gasteiger partial charge is 0.289 e. The number of hydrogen-bond donors (Lipinski definition) is 0. The van der Waals surface area contributed by atoms with Crippen LogP contribution in [0.5, 0.6) is 0 Å². The van der Waals surface area contributed by atoms with Crippen molar-refractivity contribution in [2.45, 2.75) is 6.04 Å². The average molecular weight is 420 g/mol. The molecule has 0 N–H and O–H groups in total. The van der Waals surface area contributed by atoms with E-state index in [0.717, 1.165) is 18.7 Å². The molecule has 0 bridgehead atoms. The first kappa shape index (κ1) is 18.7. The van der Waals surface area contributed by atoms with Gasteiger partial charge in [0.2, 0.25) is 5.91 Å². The van der Waals surface area contributed by atoms with Gasteiger partial charge in [-0.25, -0.2) is 0 Å². The number of carbonyl (C=O) groups excluding carboxylic acids is 2. The highest BCUT2D eigenvalue weighted by molar-refractivity contribution is 9.10. The first-order chi connectivity index (χ1) is 12.5. The van der Waals surface area contributed by atoms with Crippen LogP contribution in [-0.2, 0) is 4.79 Å². The molecule has 26 heavy (non-hydrogen) atoms. The lowest BCUT2D eigenvalue weighted by molar-refractivity contribution is -0.136. The molecule has 2 aromatic rings. The van der Waals surface area contributed by atoms with Crippen LogP contribution in [0.25, 0.3) is 0 Å². The first-order valence-corrected chi connectivity index (χ1v) is 9.29. The number of likely N-dealkylation sites (N-methyl/N-ethyl adjacent to an activating group) is 2. The topological polar surface area (TPSA) is 57.0 Å². The van der Waals surface area contributed by atoms with Crippen LogP contribution in [0.1, 0.15) is 22.2 Å². The molecule has 1 aromatic carbocycles. The number of amides is 2. The monoisotopic (exact) mass is 419 g/mol. The summed E-state index contributed by atoms with van der Waals surface area (Å²) >= 11 is 3.19. The quantitative estimate of drug-likeness (QED) is 0.763. The Bertz CT molecular complexity index is 777. The van der Waals surface area contributed by atoms with E-state index in [9.17, 15) is 9.59 Å². The second kappa shape index (κ2) is 8.05. The van der Waals surface area contributed by atoms with E-state index in [1.54, 1.807) is 19.2 Å². The van der Waals surface area contributed by atoms with Crippen molar-refractivity contribution in [1.29, 1.82) is 0 Å². The van der Waals surface area contributed by atoms with Crippen LogP contribution in [0, 0.1) is 0 Å². The Morgan fingerprint density at radius 2 is 1.92 bits per heavy atom. The van der Waals surface area contributed by atoms with Gasteiger partial charge in [-0.15, -0.1) is 0 Å². The van der Waals surface area contributed by atoms with E-state index in [2.05, 4.69) is 27.9 Å². The molecule has 1 aliphatic heterocycles. The molecule has 6 nitrogen and oxygen atoms in total. The molecule has 0 unspecified atom stereocenters. The summed E-state index contributed by atoms with van der Waals surface area (Å²) in [5, 5.41) is 0. The number of piperazine rings is 1. The summed E-state index contributed by atoms with van der Waals surface area (Å²) in [6.45, 7) is 2.25. The van der Waals surface area contributed by atoms with E-state index < -0.39 is 0 Å². The third kappa shape index (κ3) is 4.16. The van der Waals surface area contributed by atoms with Gasteiger partial charge >= 0.3 is 0 Å². The lowest BCUT2D eigenvalue weighted by Gasteiger charge is -2.40. The number of furan rings is 1. The Labute approximate surface area is 161 Å². The maximum atomic E-state index is 12.9. The van der Waals surface area contributed by atoms with Gasteiger partial charge in [-0.05, 0) is 40.7 Å². The van der Waals surface area contributed by atoms with Crippen molar-refractivity contribution in [3.05, 3.63) is 58.5 Å². The van der Waals surface area contributed by atoms with Crippen LogP contribution in [-0.4, -0.2) is 66.8 Å². The molecule has 1 saturated heterocycles. The SMILES string of the molecule is CN1CCN(C(=O)CN(C)C(=O)c2ccc(Br)o2)[C@@H](c2ccccc2)C1. The number of rotatable bonds is 4. The predicted molar refractivity (Wildman–Crippen MR) is 102 cm³/mol. The van der Waals surface area contributed by atoms with Gasteiger partial charge in [0, 0.05) is 26.7 Å². The maximum Gasteiger partial charge on any atom is 0.289 e. The van der Waals surface area contributed by atoms with Gasteiger partial charge in [-0.2, -0.15) is 0 Å². The third-order valence-corrected chi connectivity index (χ3v) is 5.02. The normalized spacial score (nSPS) is 18.0. The third-order valence-electron chi connectivity index (χ3n) is 4.59. The van der Waals surface area contributed by atoms with E-state index in [-0.39, 0.29) is 30.2 Å². The molecule has 1 atom stereocenters. The summed E-state index contributed by atoms with van der Waals surface area (Å²) in [6, 6.07) is 13.3. The zero-order valence-electron chi connectivity index (χ0n) is 14.9. The van der Waals surface area contributed by atoms with E-state index in [1.807, 2.05) is 35.2 Å². The van der Waals surface area contributed by atoms with E-state index in [4.69, 9.17) is 4.42 Å². The highest BCUT2D eigenvalue weighted by Gasteiger charge is 2.31. The fourth-order valence-corrected chi connectivity index (χ4v) is 3.47. The standard InChI is InChI=1S/C19H22BrN3O3/c1-21-10-11-23(15(12-21)14-6-4-3-5-7-14)18(24)13-22(2)19(25)16-8-9-17(20)26-16/h3-9,15H,10-13H2,1-2H3/t15-/m1/s1. The van der Waals surface area contributed by atoms with Gasteiger partial charge in [0.1, 0.15) is 0 Å². The van der Waals surface area contributed by atoms with Crippen LogP contribution in [0.3, 0.4) is 0 Å². The minimum Gasteiger partial charge on any atom is -0.444 e. The van der Waals surface area contributed by atoms with Gasteiger partial charge < -0.3 is 19.1 Å². The molecule has 0 radical (unpaired) electrons. The van der Waals surface area contributed by atoms with Gasteiger partial charge in [-0.3, -0.25) is 9.59 Å². The second-order valence-electron chi connectivity index (χ2n) is 6.54. The summed E-state index contributed by atoms with van der Waals surface area (Å²) in [5.74, 6) is -0.159. The molecule has 2 heterocycles. The Morgan fingerprint density at radius 1 is 1.19 bits per heavy atom. The zero-order chi connectivity index (χ0) is 18.7. The Hall–Kier alpha value is -2.12. The number of hydrogen-bond acceptors (Lipinski definition) is 4. The summed E-state index contributed by atoms with van der Waals surface area (Å²) in [7, 11) is 3.67. The van der Waals surface area contributed by atoms with Crippen molar-refractivity contribution in [2.75, 3.05) is 40.3 Å². The van der Waals surface area contributed by atoms with Crippen molar-refractivity contribution in [2.24, 2.45) is 0 Å². The molecule has 0 saturated carbocycles. The van der Waals surface area contributed by atoms with E-state index >= 15 is 0 Å². The van der Waals surface area contributed by atoms with E-state index in [0.29, 0.717) is 11.2 Å². The molecule has 0 aliphatic carbocycles. The summed E-state index contributed by atoms with van der Waals surface area (Å²) < 4.78 is 5.78. The summed E-state index contributed by atoms with van der Waals surface area (Å²) in [5.41, 5.74) is 1.11. The molecular formula is C19H22BrN3O3. The molecule has 2 amide bonds. The van der Waals surface area contributed by atoms with E-state index in [1.165, 1.54) is 4.90 Å². The number of nitrogens with zero attached hydrogens (tertiary/aromatic N) is 3. The lowest BCUT2D eigenvalue weighted by Crippen LogP contribution is -2.52. The highest BCUT2D eigenvalue weighted by atomic mass is 79.9. The van der Waals surface area contributed by atoms with Gasteiger partial charge in [0.25, 0.3) is 5.91 Å². The minimum atomic E-state index is -0.311. The fourth-order valence-electron chi connectivity index (χ4n) is 3.16. The molecule has 0 spiro atoms. The molecule has 1 fully saturated rings. The van der Waals surface area contributed by atoms with Crippen LogP contribution in [0.2, 0.25) is 0 Å². The van der Waals surface area contributed by atoms with Crippen molar-refractivity contribution in [3.8, 4) is 0 Å². The first-order valence-electron chi connectivity index (χ1n) is 8.49. The molecular weight excluding hydrogens is 398 g/mol. The number of carbonyl (C=O) groups is 2. The molecule has 3 rings (SSSR count). The number of halogens is 1. The lowest BCUT2D eigenvalue weighted by atomic mass is 10.0.